The Morgan fingerprint density at radius 3 is 2.41 bits per heavy atom. The summed E-state index contributed by atoms with van der Waals surface area (Å²) in [4.78, 5) is 46.8. The zero-order valence-corrected chi connectivity index (χ0v) is 14.9. The number of rotatable bonds is 7. The quantitative estimate of drug-likeness (QED) is 0.335. The molecule has 0 fully saturated rings. The summed E-state index contributed by atoms with van der Waals surface area (Å²) in [6, 6.07) is 6.07. The normalized spacial score (nSPS) is 15.0. The molecule has 0 saturated heterocycles. The zero-order valence-electron chi connectivity index (χ0n) is 14.9. The molecule has 0 saturated carbocycles. The van der Waals surface area contributed by atoms with Gasteiger partial charge in [0, 0.05) is 24.4 Å². The number of carbonyl (C=O) groups is 4. The van der Waals surface area contributed by atoms with Gasteiger partial charge in [-0.15, -0.1) is 0 Å². The summed E-state index contributed by atoms with van der Waals surface area (Å²) in [6.45, 7) is 3.17. The number of esters is 3. The standard InChI is InChI=1S/C19H19NO7/c1-3-14-9-16(21)15(19(24)27-14)10-20-13-7-5-12(6-8-13)18(23)26-11-17(22)25-4-2/h5-10,20H,3-4,11H2,1-2H3. The summed E-state index contributed by atoms with van der Waals surface area (Å²) in [7, 11) is 0. The summed E-state index contributed by atoms with van der Waals surface area (Å²) in [5.41, 5.74) is 0.654. The second-order valence-electron chi connectivity index (χ2n) is 5.38. The Morgan fingerprint density at radius 1 is 1.11 bits per heavy atom. The Bertz CT molecular complexity index is 806. The highest BCUT2D eigenvalue weighted by atomic mass is 16.6. The van der Waals surface area contributed by atoms with Crippen LogP contribution in [0.4, 0.5) is 5.69 Å². The van der Waals surface area contributed by atoms with Gasteiger partial charge in [0.2, 0.25) is 0 Å². The summed E-state index contributed by atoms with van der Waals surface area (Å²) < 4.78 is 14.5. The first-order valence-corrected chi connectivity index (χ1v) is 8.31. The van der Waals surface area contributed by atoms with Gasteiger partial charge in [-0.1, -0.05) is 6.92 Å². The van der Waals surface area contributed by atoms with E-state index in [1.165, 1.54) is 24.4 Å². The van der Waals surface area contributed by atoms with Crippen LogP contribution in [0.15, 0.2) is 47.9 Å². The highest BCUT2D eigenvalue weighted by Gasteiger charge is 2.25. The van der Waals surface area contributed by atoms with Crippen LogP contribution in [0.1, 0.15) is 30.6 Å². The second-order valence-corrected chi connectivity index (χ2v) is 5.38. The molecule has 0 spiro atoms. The molecule has 1 aromatic rings. The van der Waals surface area contributed by atoms with Crippen molar-refractivity contribution in [2.75, 3.05) is 18.5 Å². The first-order chi connectivity index (χ1) is 12.9. The number of ketones is 1. The molecule has 0 bridgehead atoms. The number of carbonyl (C=O) groups excluding carboxylic acids is 4. The fourth-order valence-electron chi connectivity index (χ4n) is 2.10. The van der Waals surface area contributed by atoms with Crippen molar-refractivity contribution in [3.05, 3.63) is 53.4 Å². The van der Waals surface area contributed by atoms with E-state index in [-0.39, 0.29) is 17.7 Å². The van der Waals surface area contributed by atoms with E-state index in [4.69, 9.17) is 9.47 Å². The third-order valence-electron chi connectivity index (χ3n) is 3.48. The Kier molecular flexibility index (Phi) is 6.87. The first kappa shape index (κ1) is 19.9. The maximum absolute atomic E-state index is 11.9. The van der Waals surface area contributed by atoms with Crippen LogP contribution in [0.25, 0.3) is 0 Å². The van der Waals surface area contributed by atoms with E-state index in [0.717, 1.165) is 0 Å². The van der Waals surface area contributed by atoms with E-state index in [1.807, 2.05) is 0 Å². The Labute approximate surface area is 155 Å². The molecule has 0 atom stereocenters. The molecule has 1 aliphatic heterocycles. The number of ether oxygens (including phenoxy) is 3. The monoisotopic (exact) mass is 373 g/mol. The lowest BCUT2D eigenvalue weighted by atomic mass is 10.1. The Balaban J connectivity index is 1.97. The van der Waals surface area contributed by atoms with E-state index < -0.39 is 30.3 Å². The average Bonchev–Trinajstić information content (AvgIpc) is 2.66. The second kappa shape index (κ2) is 9.33. The van der Waals surface area contributed by atoms with E-state index in [0.29, 0.717) is 17.9 Å². The van der Waals surface area contributed by atoms with Gasteiger partial charge in [-0.3, -0.25) is 4.79 Å². The SMILES string of the molecule is CCOC(=O)COC(=O)c1ccc(NC=C2C(=O)C=C(CC)OC2=O)cc1. The number of hydrogen-bond acceptors (Lipinski definition) is 8. The molecule has 0 unspecified atom stereocenters. The van der Waals surface area contributed by atoms with E-state index >= 15 is 0 Å². The molecule has 8 nitrogen and oxygen atoms in total. The summed E-state index contributed by atoms with van der Waals surface area (Å²) in [5, 5.41) is 2.80. The molecule has 0 aliphatic carbocycles. The highest BCUT2D eigenvalue weighted by molar-refractivity contribution is 6.23. The largest absolute Gasteiger partial charge is 0.463 e. The molecule has 1 aliphatic rings. The third-order valence-corrected chi connectivity index (χ3v) is 3.48. The van der Waals surface area contributed by atoms with Crippen LogP contribution in [0.5, 0.6) is 0 Å². The van der Waals surface area contributed by atoms with Crippen molar-refractivity contribution in [2.24, 2.45) is 0 Å². The minimum atomic E-state index is -0.717. The predicted molar refractivity (Wildman–Crippen MR) is 94.5 cm³/mol. The van der Waals surface area contributed by atoms with Crippen LogP contribution in [0.3, 0.4) is 0 Å². The van der Waals surface area contributed by atoms with Crippen LogP contribution in [0, 0.1) is 0 Å². The summed E-state index contributed by atoms with van der Waals surface area (Å²) in [6.07, 6.45) is 2.98. The van der Waals surface area contributed by atoms with E-state index in [1.54, 1.807) is 26.0 Å². The molecule has 1 heterocycles. The molecule has 1 aromatic carbocycles. The number of anilines is 1. The molecule has 1 N–H and O–H groups in total. The number of nitrogens with one attached hydrogen (secondary N) is 1. The Hall–Kier alpha value is -3.42. The van der Waals surface area contributed by atoms with Crippen molar-refractivity contribution in [3.63, 3.8) is 0 Å². The van der Waals surface area contributed by atoms with Crippen LogP contribution in [-0.2, 0) is 28.6 Å². The topological polar surface area (TPSA) is 108 Å². The van der Waals surface area contributed by atoms with Crippen LogP contribution < -0.4 is 5.32 Å². The van der Waals surface area contributed by atoms with Gasteiger partial charge >= 0.3 is 17.9 Å². The predicted octanol–water partition coefficient (Wildman–Crippen LogP) is 2.12. The van der Waals surface area contributed by atoms with E-state index in [9.17, 15) is 19.2 Å². The molecular formula is C19H19NO7. The maximum Gasteiger partial charge on any atom is 0.348 e. The van der Waals surface area contributed by atoms with E-state index in [2.05, 4.69) is 10.1 Å². The van der Waals surface area contributed by atoms with Gasteiger partial charge in [-0.2, -0.15) is 0 Å². The van der Waals surface area contributed by atoms with Crippen molar-refractivity contribution in [2.45, 2.75) is 20.3 Å². The van der Waals surface area contributed by atoms with Crippen LogP contribution >= 0.6 is 0 Å². The minimum absolute atomic E-state index is 0.120. The minimum Gasteiger partial charge on any atom is -0.463 e. The van der Waals surface area contributed by atoms with Crippen LogP contribution in [0.2, 0.25) is 0 Å². The lowest BCUT2D eigenvalue weighted by Gasteiger charge is -2.13. The van der Waals surface area contributed by atoms with Gasteiger partial charge in [0.15, 0.2) is 12.4 Å². The third kappa shape index (κ3) is 5.53. The number of allylic oxidation sites excluding steroid dienone is 2. The number of hydrogen-bond donors (Lipinski definition) is 1. The van der Waals surface area contributed by atoms with Gasteiger partial charge in [0.1, 0.15) is 11.3 Å². The van der Waals surface area contributed by atoms with Crippen molar-refractivity contribution in [1.82, 2.24) is 0 Å². The smallest absolute Gasteiger partial charge is 0.348 e. The van der Waals surface area contributed by atoms with Crippen LogP contribution in [-0.4, -0.2) is 36.9 Å². The van der Waals surface area contributed by atoms with Crippen molar-refractivity contribution in [1.29, 1.82) is 0 Å². The molecule has 0 aromatic heterocycles. The van der Waals surface area contributed by atoms with Crippen molar-refractivity contribution >= 4 is 29.4 Å². The molecule has 2 rings (SSSR count). The summed E-state index contributed by atoms with van der Waals surface area (Å²) in [5.74, 6) is -2.12. The van der Waals surface area contributed by atoms with Crippen molar-refractivity contribution in [3.8, 4) is 0 Å². The van der Waals surface area contributed by atoms with Crippen molar-refractivity contribution < 1.29 is 33.4 Å². The molecule has 27 heavy (non-hydrogen) atoms. The van der Waals surface area contributed by atoms with Gasteiger partial charge < -0.3 is 19.5 Å². The lowest BCUT2D eigenvalue weighted by Crippen LogP contribution is -2.21. The average molecular weight is 373 g/mol. The molecule has 0 amide bonds. The molecule has 142 valence electrons. The molecule has 8 heteroatoms. The fraction of sp³-hybridized carbons (Fsp3) is 0.263. The van der Waals surface area contributed by atoms with Gasteiger partial charge in [0.05, 0.1) is 12.2 Å². The summed E-state index contributed by atoms with van der Waals surface area (Å²) >= 11 is 0. The Morgan fingerprint density at radius 2 is 1.81 bits per heavy atom. The molecule has 0 radical (unpaired) electrons. The lowest BCUT2D eigenvalue weighted by molar-refractivity contribution is -0.146. The van der Waals surface area contributed by atoms with Gasteiger partial charge in [-0.05, 0) is 31.2 Å². The van der Waals surface area contributed by atoms with Gasteiger partial charge in [0.25, 0.3) is 0 Å². The molecular weight excluding hydrogens is 354 g/mol. The maximum atomic E-state index is 11.9. The first-order valence-electron chi connectivity index (χ1n) is 8.31. The van der Waals surface area contributed by atoms with Gasteiger partial charge in [-0.25, -0.2) is 14.4 Å². The zero-order chi connectivity index (χ0) is 19.8. The number of cyclic esters (lactones) is 1. The highest BCUT2D eigenvalue weighted by Crippen LogP contribution is 2.17. The fourth-order valence-corrected chi connectivity index (χ4v) is 2.10. The number of benzene rings is 1.